The number of hydrogen-bond acceptors (Lipinski definition) is 7. The van der Waals surface area contributed by atoms with Crippen LogP contribution < -0.4 is 10.0 Å². The minimum atomic E-state index is -3.67. The Morgan fingerprint density at radius 3 is 3.04 bits per heavy atom. The normalized spacial score (nSPS) is 14.3. The molecule has 3 aromatic rings. The van der Waals surface area contributed by atoms with Crippen LogP contribution in [0.3, 0.4) is 0 Å². The number of nitrogens with one attached hydrogen (secondary N) is 2. The Balaban J connectivity index is 0.00000169. The Bertz CT molecular complexity index is 944. The molecule has 8 nitrogen and oxygen atoms in total. The largest absolute Gasteiger partial charge is 0.309 e. The molecule has 2 aromatic heterocycles. The van der Waals surface area contributed by atoms with Crippen LogP contribution in [0, 0.1) is 0 Å². The van der Waals surface area contributed by atoms with Crippen molar-refractivity contribution in [1.82, 2.24) is 28.6 Å². The van der Waals surface area contributed by atoms with Crippen LogP contribution in [0.25, 0.3) is 11.0 Å². The Hall–Kier alpha value is -1.59. The third-order valence-electron chi connectivity index (χ3n) is 3.70. The molecule has 0 saturated heterocycles. The highest BCUT2D eigenvalue weighted by Crippen LogP contribution is 2.21. The van der Waals surface area contributed by atoms with Gasteiger partial charge in [-0.05, 0) is 18.2 Å². The van der Waals surface area contributed by atoms with Gasteiger partial charge in [-0.25, -0.2) is 13.1 Å². The van der Waals surface area contributed by atoms with Crippen LogP contribution >= 0.6 is 24.1 Å². The molecule has 3 heterocycles. The Morgan fingerprint density at radius 1 is 1.33 bits per heavy atom. The summed E-state index contributed by atoms with van der Waals surface area (Å²) in [5.74, 6) is 0. The molecule has 2 N–H and O–H groups in total. The van der Waals surface area contributed by atoms with Crippen LogP contribution in [0.15, 0.2) is 29.2 Å². The van der Waals surface area contributed by atoms with E-state index in [1.165, 1.54) is 6.07 Å². The number of rotatable bonds is 4. The van der Waals surface area contributed by atoms with E-state index in [-0.39, 0.29) is 23.8 Å². The van der Waals surface area contributed by atoms with E-state index >= 15 is 0 Å². The first-order chi connectivity index (χ1) is 11.1. The number of halogens is 1. The van der Waals surface area contributed by atoms with Gasteiger partial charge in [0.1, 0.15) is 15.9 Å². The molecule has 24 heavy (non-hydrogen) atoms. The zero-order valence-corrected chi connectivity index (χ0v) is 14.9. The summed E-state index contributed by atoms with van der Waals surface area (Å²) in [6.07, 6.45) is 0. The topological polar surface area (TPSA) is 102 Å². The zero-order chi connectivity index (χ0) is 15.9. The third kappa shape index (κ3) is 3.15. The summed E-state index contributed by atoms with van der Waals surface area (Å²) in [7, 11) is -3.67. The van der Waals surface area contributed by atoms with Crippen LogP contribution in [0.1, 0.15) is 11.4 Å². The minimum Gasteiger partial charge on any atom is -0.309 e. The van der Waals surface area contributed by atoms with Crippen molar-refractivity contribution in [1.29, 1.82) is 0 Å². The van der Waals surface area contributed by atoms with Crippen LogP contribution in [0.5, 0.6) is 0 Å². The van der Waals surface area contributed by atoms with Gasteiger partial charge in [0.2, 0.25) is 10.0 Å². The van der Waals surface area contributed by atoms with Crippen LogP contribution in [-0.2, 0) is 29.7 Å². The molecule has 0 bridgehead atoms. The number of nitrogens with zero attached hydrogens (tertiary/aromatic N) is 4. The molecule has 1 aromatic carbocycles. The van der Waals surface area contributed by atoms with Gasteiger partial charge in [-0.2, -0.15) is 13.8 Å². The lowest BCUT2D eigenvalue weighted by molar-refractivity contribution is 0.473. The van der Waals surface area contributed by atoms with Crippen molar-refractivity contribution in [3.63, 3.8) is 0 Å². The molecule has 128 valence electrons. The van der Waals surface area contributed by atoms with Crippen molar-refractivity contribution in [2.45, 2.75) is 24.5 Å². The van der Waals surface area contributed by atoms with E-state index in [9.17, 15) is 8.42 Å². The summed E-state index contributed by atoms with van der Waals surface area (Å²) in [6.45, 7) is 2.57. The second-order valence-electron chi connectivity index (χ2n) is 5.24. The maximum Gasteiger partial charge on any atom is 0.243 e. The van der Waals surface area contributed by atoms with Gasteiger partial charge in [0.05, 0.1) is 36.2 Å². The van der Waals surface area contributed by atoms with Gasteiger partial charge in [-0.1, -0.05) is 6.07 Å². The lowest BCUT2D eigenvalue weighted by atomic mass is 10.3. The summed E-state index contributed by atoms with van der Waals surface area (Å²) in [5, 5.41) is 7.68. The average molecular weight is 387 g/mol. The lowest BCUT2D eigenvalue weighted by Crippen LogP contribution is -2.28. The number of hydrogen-bond donors (Lipinski definition) is 2. The predicted octanol–water partition coefficient (Wildman–Crippen LogP) is 0.891. The number of sulfonamides is 1. The molecule has 0 spiro atoms. The number of aromatic nitrogens is 4. The van der Waals surface area contributed by atoms with E-state index in [0.29, 0.717) is 16.7 Å². The first-order valence-electron chi connectivity index (χ1n) is 7.11. The van der Waals surface area contributed by atoms with Crippen LogP contribution in [-0.4, -0.2) is 33.5 Å². The smallest absolute Gasteiger partial charge is 0.243 e. The molecule has 1 aliphatic rings. The van der Waals surface area contributed by atoms with E-state index in [2.05, 4.69) is 23.9 Å². The van der Waals surface area contributed by atoms with Crippen molar-refractivity contribution in [3.8, 4) is 0 Å². The third-order valence-corrected chi connectivity index (χ3v) is 5.68. The minimum absolute atomic E-state index is 0. The maximum absolute atomic E-state index is 12.5. The fourth-order valence-electron chi connectivity index (χ4n) is 2.58. The summed E-state index contributed by atoms with van der Waals surface area (Å²) >= 11 is 1.00. The predicted molar refractivity (Wildman–Crippen MR) is 92.6 cm³/mol. The molecule has 0 radical (unpaired) electrons. The SMILES string of the molecule is Cl.O=S(=O)(NCc1cc2n(n1)CCNC2)c1cccc2nsnc12. The van der Waals surface area contributed by atoms with Crippen molar-refractivity contribution in [2.24, 2.45) is 0 Å². The Kier molecular flexibility index (Phi) is 4.83. The molecule has 0 fully saturated rings. The number of fused-ring (bicyclic) bond motifs is 2. The molecule has 0 atom stereocenters. The van der Waals surface area contributed by atoms with Crippen molar-refractivity contribution in [2.75, 3.05) is 6.54 Å². The van der Waals surface area contributed by atoms with Gasteiger partial charge in [0.25, 0.3) is 0 Å². The van der Waals surface area contributed by atoms with Gasteiger partial charge < -0.3 is 5.32 Å². The van der Waals surface area contributed by atoms with E-state index < -0.39 is 10.0 Å². The fraction of sp³-hybridized carbons (Fsp3) is 0.308. The molecule has 0 aliphatic carbocycles. The van der Waals surface area contributed by atoms with Crippen LogP contribution in [0.2, 0.25) is 0 Å². The zero-order valence-electron chi connectivity index (χ0n) is 12.5. The molecule has 0 amide bonds. The van der Waals surface area contributed by atoms with Gasteiger partial charge in [0, 0.05) is 13.1 Å². The van der Waals surface area contributed by atoms with Crippen molar-refractivity contribution >= 4 is 45.2 Å². The highest BCUT2D eigenvalue weighted by molar-refractivity contribution is 7.89. The van der Waals surface area contributed by atoms with Gasteiger partial charge >= 0.3 is 0 Å². The van der Waals surface area contributed by atoms with Gasteiger partial charge in [0.15, 0.2) is 0 Å². The molecular weight excluding hydrogens is 372 g/mol. The summed E-state index contributed by atoms with van der Waals surface area (Å²) in [5.41, 5.74) is 2.76. The van der Waals surface area contributed by atoms with Gasteiger partial charge in [-0.15, -0.1) is 12.4 Å². The van der Waals surface area contributed by atoms with E-state index in [4.69, 9.17) is 0 Å². The molecule has 0 unspecified atom stereocenters. The number of benzene rings is 1. The summed E-state index contributed by atoms with van der Waals surface area (Å²) < 4.78 is 37.7. The lowest BCUT2D eigenvalue weighted by Gasteiger charge is -2.13. The van der Waals surface area contributed by atoms with E-state index in [1.54, 1.807) is 12.1 Å². The second kappa shape index (κ2) is 6.73. The Morgan fingerprint density at radius 2 is 2.21 bits per heavy atom. The van der Waals surface area contributed by atoms with Gasteiger partial charge in [-0.3, -0.25) is 4.68 Å². The fourth-order valence-corrected chi connectivity index (χ4v) is 4.35. The molecule has 4 rings (SSSR count). The first-order valence-corrected chi connectivity index (χ1v) is 9.32. The average Bonchev–Trinajstić information content (AvgIpc) is 3.18. The molecule has 0 saturated carbocycles. The molecule has 1 aliphatic heterocycles. The second-order valence-corrected chi connectivity index (χ2v) is 7.50. The van der Waals surface area contributed by atoms with E-state index in [1.807, 2.05) is 10.7 Å². The highest BCUT2D eigenvalue weighted by atomic mass is 35.5. The first kappa shape index (κ1) is 17.2. The standard InChI is InChI=1S/C13H14N6O2S2.ClH/c20-23(21,12-3-1-2-11-13(12)18-22-17-11)15-7-9-6-10-8-14-4-5-19(10)16-9;/h1-3,6,14-15H,4-5,7-8H2;1H. The quantitative estimate of drug-likeness (QED) is 0.690. The molecule has 11 heteroatoms. The monoisotopic (exact) mass is 386 g/mol. The summed E-state index contributed by atoms with van der Waals surface area (Å²) in [6, 6.07) is 6.86. The van der Waals surface area contributed by atoms with Crippen molar-refractivity contribution in [3.05, 3.63) is 35.7 Å². The molecular formula is C13H15ClN6O2S2. The highest BCUT2D eigenvalue weighted by Gasteiger charge is 2.20. The van der Waals surface area contributed by atoms with Crippen molar-refractivity contribution < 1.29 is 8.42 Å². The maximum atomic E-state index is 12.5. The van der Waals surface area contributed by atoms with E-state index in [0.717, 1.165) is 37.1 Å². The van der Waals surface area contributed by atoms with Crippen LogP contribution in [0.4, 0.5) is 0 Å². The summed E-state index contributed by atoms with van der Waals surface area (Å²) in [4.78, 5) is 0.148. The Labute approximate surface area is 149 Å².